The number of para-hydroxylation sites is 2. The number of hydrogen-bond donors (Lipinski definition) is 0. The van der Waals surface area contributed by atoms with Crippen LogP contribution in [0.5, 0.6) is 0 Å². The molecular formula is C43H26N6. The number of benzene rings is 6. The Morgan fingerprint density at radius 2 is 0.959 bits per heavy atom. The Kier molecular flexibility index (Phi) is 6.08. The Morgan fingerprint density at radius 3 is 1.67 bits per heavy atom. The summed E-state index contributed by atoms with van der Waals surface area (Å²) >= 11 is 0. The van der Waals surface area contributed by atoms with Crippen molar-refractivity contribution < 1.29 is 0 Å². The molecule has 0 saturated heterocycles. The van der Waals surface area contributed by atoms with E-state index in [0.29, 0.717) is 0 Å². The second kappa shape index (κ2) is 10.9. The van der Waals surface area contributed by atoms with Crippen molar-refractivity contribution in [2.45, 2.75) is 0 Å². The highest BCUT2D eigenvalue weighted by atomic mass is 15.5. The van der Waals surface area contributed by atoms with Gasteiger partial charge in [-0.2, -0.15) is 4.80 Å². The van der Waals surface area contributed by atoms with Crippen LogP contribution in [0.4, 0.5) is 0 Å². The van der Waals surface area contributed by atoms with Crippen molar-refractivity contribution >= 4 is 54.5 Å². The highest BCUT2D eigenvalue weighted by Crippen LogP contribution is 2.37. The molecule has 6 heteroatoms. The SMILES string of the molecule is c1ccc(-c2ccc3ccc4ccc(-c5ccc(-c6nc7ccccc7c7c6ccc6nn(-c8ccccc8)nc67)cc5)nc4c3n2)cc1. The van der Waals surface area contributed by atoms with E-state index in [9.17, 15) is 0 Å². The first-order chi connectivity index (χ1) is 24.3. The first-order valence-electron chi connectivity index (χ1n) is 16.3. The Labute approximate surface area is 281 Å². The van der Waals surface area contributed by atoms with Gasteiger partial charge in [0.25, 0.3) is 0 Å². The first-order valence-corrected chi connectivity index (χ1v) is 16.3. The van der Waals surface area contributed by atoms with Gasteiger partial charge in [0.05, 0.1) is 39.3 Å². The molecule has 6 aromatic carbocycles. The van der Waals surface area contributed by atoms with Gasteiger partial charge in [-0.15, -0.1) is 10.2 Å². The third-order valence-electron chi connectivity index (χ3n) is 9.25. The van der Waals surface area contributed by atoms with Gasteiger partial charge in [-0.05, 0) is 42.5 Å². The molecule has 0 bridgehead atoms. The van der Waals surface area contributed by atoms with Crippen molar-refractivity contribution in [1.82, 2.24) is 29.9 Å². The fourth-order valence-electron chi connectivity index (χ4n) is 6.81. The second-order valence-corrected chi connectivity index (χ2v) is 12.2. The highest BCUT2D eigenvalue weighted by molar-refractivity contribution is 6.20. The fraction of sp³-hybridized carbons (Fsp3) is 0. The average molecular weight is 627 g/mol. The maximum Gasteiger partial charge on any atom is 0.122 e. The zero-order chi connectivity index (χ0) is 32.3. The topological polar surface area (TPSA) is 69.4 Å². The summed E-state index contributed by atoms with van der Waals surface area (Å²) in [7, 11) is 0. The first kappa shape index (κ1) is 27.3. The summed E-state index contributed by atoms with van der Waals surface area (Å²) < 4.78 is 0. The summed E-state index contributed by atoms with van der Waals surface area (Å²) in [5.41, 5.74) is 11.2. The number of nitrogens with zero attached hydrogens (tertiary/aromatic N) is 6. The van der Waals surface area contributed by atoms with E-state index >= 15 is 0 Å². The predicted octanol–water partition coefficient (Wildman–Crippen LogP) is 10.2. The van der Waals surface area contributed by atoms with Crippen LogP contribution in [0, 0.1) is 0 Å². The molecule has 4 heterocycles. The molecule has 6 nitrogen and oxygen atoms in total. The zero-order valence-corrected chi connectivity index (χ0v) is 26.2. The van der Waals surface area contributed by atoms with Crippen LogP contribution in [0.15, 0.2) is 158 Å². The minimum absolute atomic E-state index is 0.842. The average Bonchev–Trinajstić information content (AvgIpc) is 3.63. The van der Waals surface area contributed by atoms with Gasteiger partial charge in [0.1, 0.15) is 11.0 Å². The van der Waals surface area contributed by atoms with Gasteiger partial charge < -0.3 is 0 Å². The lowest BCUT2D eigenvalue weighted by Crippen LogP contribution is -1.97. The van der Waals surface area contributed by atoms with Crippen LogP contribution in [0.25, 0.3) is 94.0 Å². The lowest BCUT2D eigenvalue weighted by molar-refractivity contribution is 0.766. The van der Waals surface area contributed by atoms with Gasteiger partial charge in [-0.1, -0.05) is 115 Å². The van der Waals surface area contributed by atoms with Crippen molar-refractivity contribution in [1.29, 1.82) is 0 Å². The van der Waals surface area contributed by atoms with E-state index in [1.165, 1.54) is 0 Å². The highest BCUT2D eigenvalue weighted by Gasteiger charge is 2.17. The van der Waals surface area contributed by atoms with Crippen molar-refractivity contribution in [3.63, 3.8) is 0 Å². The number of pyridine rings is 3. The molecule has 10 rings (SSSR count). The van der Waals surface area contributed by atoms with E-state index in [0.717, 1.165) is 94.0 Å². The van der Waals surface area contributed by atoms with Crippen LogP contribution in [-0.2, 0) is 0 Å². The molecule has 0 aliphatic heterocycles. The van der Waals surface area contributed by atoms with Gasteiger partial charge in [0.15, 0.2) is 0 Å². The molecule has 0 radical (unpaired) electrons. The molecule has 0 N–H and O–H groups in total. The zero-order valence-electron chi connectivity index (χ0n) is 26.2. The summed E-state index contributed by atoms with van der Waals surface area (Å²) in [5.74, 6) is 0. The van der Waals surface area contributed by atoms with Gasteiger partial charge in [-0.25, -0.2) is 15.0 Å². The summed E-state index contributed by atoms with van der Waals surface area (Å²) in [5, 5.41) is 15.1. The molecule has 0 saturated carbocycles. The molecule has 0 fully saturated rings. The lowest BCUT2D eigenvalue weighted by Gasteiger charge is -2.11. The molecular weight excluding hydrogens is 601 g/mol. The van der Waals surface area contributed by atoms with Crippen molar-refractivity contribution in [3.05, 3.63) is 158 Å². The Balaban J connectivity index is 1.09. The Morgan fingerprint density at radius 1 is 0.367 bits per heavy atom. The minimum Gasteiger partial charge on any atom is -0.247 e. The molecule has 0 unspecified atom stereocenters. The molecule has 4 aromatic heterocycles. The van der Waals surface area contributed by atoms with Gasteiger partial charge in [0, 0.05) is 43.6 Å². The largest absolute Gasteiger partial charge is 0.247 e. The van der Waals surface area contributed by atoms with Crippen LogP contribution >= 0.6 is 0 Å². The monoisotopic (exact) mass is 626 g/mol. The van der Waals surface area contributed by atoms with Crippen molar-refractivity contribution in [2.75, 3.05) is 0 Å². The molecule has 10 aromatic rings. The van der Waals surface area contributed by atoms with E-state index < -0.39 is 0 Å². The van der Waals surface area contributed by atoms with Crippen LogP contribution < -0.4 is 0 Å². The van der Waals surface area contributed by atoms with Crippen LogP contribution in [-0.4, -0.2) is 29.9 Å². The molecule has 228 valence electrons. The van der Waals surface area contributed by atoms with E-state index in [4.69, 9.17) is 25.1 Å². The third-order valence-corrected chi connectivity index (χ3v) is 9.25. The Hall–Kier alpha value is -6.79. The molecule has 0 aliphatic rings. The van der Waals surface area contributed by atoms with Gasteiger partial charge in [0.2, 0.25) is 0 Å². The van der Waals surface area contributed by atoms with Crippen molar-refractivity contribution in [2.24, 2.45) is 0 Å². The van der Waals surface area contributed by atoms with Crippen LogP contribution in [0.3, 0.4) is 0 Å². The molecule has 49 heavy (non-hydrogen) atoms. The predicted molar refractivity (Wildman–Crippen MR) is 199 cm³/mol. The van der Waals surface area contributed by atoms with Gasteiger partial charge in [-0.3, -0.25) is 0 Å². The number of hydrogen-bond acceptors (Lipinski definition) is 5. The summed E-state index contributed by atoms with van der Waals surface area (Å²) in [6, 6.07) is 53.9. The van der Waals surface area contributed by atoms with Crippen LogP contribution in [0.1, 0.15) is 0 Å². The second-order valence-electron chi connectivity index (χ2n) is 12.2. The maximum atomic E-state index is 5.18. The smallest absolute Gasteiger partial charge is 0.122 e. The number of rotatable bonds is 4. The van der Waals surface area contributed by atoms with E-state index in [1.807, 2.05) is 60.7 Å². The Bertz CT molecular complexity index is 2860. The molecule has 0 spiro atoms. The standard InChI is InChI=1S/C43H26N6/c1-3-9-27(10-4-1)35-24-21-30-19-20-31-22-25-36(45-42(31)41(30)44-35)28-15-17-29(18-16-28)40-34-23-26-38-43(39(34)33-13-7-8-14-37(33)46-40)48-49(47-38)32-11-5-2-6-12-32/h1-26H. The van der Waals surface area contributed by atoms with Crippen LogP contribution in [0.2, 0.25) is 0 Å². The quantitative estimate of drug-likeness (QED) is 0.182. The summed E-state index contributed by atoms with van der Waals surface area (Å²) in [6.45, 7) is 0. The lowest BCUT2D eigenvalue weighted by atomic mass is 9.98. The maximum absolute atomic E-state index is 5.18. The van der Waals surface area contributed by atoms with Crippen molar-refractivity contribution in [3.8, 4) is 39.5 Å². The minimum atomic E-state index is 0.842. The normalized spacial score (nSPS) is 11.7. The van der Waals surface area contributed by atoms with E-state index in [-0.39, 0.29) is 0 Å². The molecule has 0 amide bonds. The third kappa shape index (κ3) is 4.53. The summed E-state index contributed by atoms with van der Waals surface area (Å²) in [6.07, 6.45) is 0. The number of fused-ring (bicyclic) bond motifs is 8. The van der Waals surface area contributed by atoms with E-state index in [1.54, 1.807) is 4.80 Å². The fourth-order valence-corrected chi connectivity index (χ4v) is 6.81. The summed E-state index contributed by atoms with van der Waals surface area (Å²) in [4.78, 5) is 17.1. The van der Waals surface area contributed by atoms with E-state index in [2.05, 4.69) is 97.1 Å². The van der Waals surface area contributed by atoms with Gasteiger partial charge >= 0.3 is 0 Å². The number of aromatic nitrogens is 6. The molecule has 0 aliphatic carbocycles. The molecule has 0 atom stereocenters.